The molecule has 0 bridgehead atoms. The summed E-state index contributed by atoms with van der Waals surface area (Å²) in [7, 11) is 1.80. The largest absolute Gasteiger partial charge is 0.388 e. The van der Waals surface area contributed by atoms with Crippen LogP contribution in [0.1, 0.15) is 0 Å². The van der Waals surface area contributed by atoms with Crippen LogP contribution in [0.15, 0.2) is 67.0 Å². The van der Waals surface area contributed by atoms with Gasteiger partial charge in [-0.3, -0.25) is 0 Å². The molecule has 0 radical (unpaired) electrons. The van der Waals surface area contributed by atoms with Crippen LogP contribution >= 0.6 is 0 Å². The molecule has 0 unspecified atom stereocenters. The van der Waals surface area contributed by atoms with E-state index in [0.717, 1.165) is 22.2 Å². The summed E-state index contributed by atoms with van der Waals surface area (Å²) in [6, 6.07) is 16.9. The van der Waals surface area contributed by atoms with Gasteiger partial charge in [-0.05, 0) is 29.8 Å². The number of nitrogens with one attached hydrogen (secondary N) is 1. The highest BCUT2D eigenvalue weighted by atomic mass is 19.1. The maximum atomic E-state index is 14.2. The van der Waals surface area contributed by atoms with E-state index in [0.29, 0.717) is 11.3 Å². The molecular weight excluding hydrogens is 303 g/mol. The SMILES string of the molecule is CNc1ccc(F)c(-n2cc3cc(-c4ccccc4)cnc3n2)c1. The summed E-state index contributed by atoms with van der Waals surface area (Å²) < 4.78 is 15.7. The maximum Gasteiger partial charge on any atom is 0.181 e. The van der Waals surface area contributed by atoms with Crippen molar-refractivity contribution < 1.29 is 4.39 Å². The van der Waals surface area contributed by atoms with Gasteiger partial charge in [0.1, 0.15) is 11.5 Å². The lowest BCUT2D eigenvalue weighted by Gasteiger charge is -2.05. The maximum absolute atomic E-state index is 14.2. The van der Waals surface area contributed by atoms with Crippen LogP contribution in [0.4, 0.5) is 10.1 Å². The van der Waals surface area contributed by atoms with Crippen LogP contribution in [-0.2, 0) is 0 Å². The van der Waals surface area contributed by atoms with Gasteiger partial charge >= 0.3 is 0 Å². The van der Waals surface area contributed by atoms with Crippen molar-refractivity contribution in [3.05, 3.63) is 72.8 Å². The van der Waals surface area contributed by atoms with Crippen molar-refractivity contribution in [2.75, 3.05) is 12.4 Å². The zero-order chi connectivity index (χ0) is 16.5. The summed E-state index contributed by atoms with van der Waals surface area (Å²) in [5.74, 6) is -0.329. The first-order valence-electron chi connectivity index (χ1n) is 7.63. The van der Waals surface area contributed by atoms with Crippen molar-refractivity contribution in [1.82, 2.24) is 14.8 Å². The summed E-state index contributed by atoms with van der Waals surface area (Å²) in [5.41, 5.74) is 3.89. The molecule has 0 atom stereocenters. The number of hydrogen-bond acceptors (Lipinski definition) is 3. The second-order valence-electron chi connectivity index (χ2n) is 5.49. The highest BCUT2D eigenvalue weighted by Gasteiger charge is 2.10. The van der Waals surface area contributed by atoms with E-state index in [1.54, 1.807) is 31.6 Å². The molecular formula is C19H15FN4. The fraction of sp³-hybridized carbons (Fsp3) is 0.0526. The molecule has 0 aliphatic rings. The molecule has 2 heterocycles. The molecule has 0 aliphatic heterocycles. The van der Waals surface area contributed by atoms with E-state index in [2.05, 4.69) is 15.4 Å². The standard InChI is InChI=1S/C19H15FN4/c1-21-16-7-8-17(20)18(10-16)24-12-15-9-14(11-22-19(15)23-24)13-5-3-2-4-6-13/h2-12,21H,1H3. The van der Waals surface area contributed by atoms with Gasteiger partial charge in [0, 0.05) is 36.1 Å². The van der Waals surface area contributed by atoms with E-state index in [1.807, 2.05) is 36.4 Å². The molecule has 2 aromatic heterocycles. The van der Waals surface area contributed by atoms with Crippen molar-refractivity contribution in [2.45, 2.75) is 0 Å². The minimum absolute atomic E-state index is 0.329. The average molecular weight is 318 g/mol. The predicted octanol–water partition coefficient (Wildman–Crippen LogP) is 4.27. The third kappa shape index (κ3) is 2.50. The molecule has 4 rings (SSSR count). The Kier molecular flexibility index (Phi) is 3.46. The molecule has 118 valence electrons. The van der Waals surface area contributed by atoms with Crippen molar-refractivity contribution in [2.24, 2.45) is 0 Å². The van der Waals surface area contributed by atoms with E-state index < -0.39 is 0 Å². The topological polar surface area (TPSA) is 42.7 Å². The molecule has 5 heteroatoms. The van der Waals surface area contributed by atoms with Gasteiger partial charge in [-0.1, -0.05) is 30.3 Å². The van der Waals surface area contributed by atoms with Gasteiger partial charge in [-0.15, -0.1) is 5.10 Å². The van der Waals surface area contributed by atoms with Gasteiger partial charge in [-0.25, -0.2) is 14.1 Å². The summed E-state index contributed by atoms with van der Waals surface area (Å²) in [4.78, 5) is 4.41. The van der Waals surface area contributed by atoms with E-state index in [-0.39, 0.29) is 5.82 Å². The second kappa shape index (κ2) is 5.77. The number of aromatic nitrogens is 3. The molecule has 4 aromatic rings. The Labute approximate surface area is 138 Å². The van der Waals surface area contributed by atoms with Crippen molar-refractivity contribution in [3.63, 3.8) is 0 Å². The fourth-order valence-electron chi connectivity index (χ4n) is 2.67. The zero-order valence-corrected chi connectivity index (χ0v) is 13.1. The minimum atomic E-state index is -0.329. The number of hydrogen-bond donors (Lipinski definition) is 1. The molecule has 0 aliphatic carbocycles. The summed E-state index contributed by atoms with van der Waals surface area (Å²) in [6.07, 6.45) is 3.59. The van der Waals surface area contributed by atoms with E-state index in [4.69, 9.17) is 0 Å². The first-order valence-corrected chi connectivity index (χ1v) is 7.63. The van der Waals surface area contributed by atoms with Crippen LogP contribution in [0.25, 0.3) is 27.8 Å². The Morgan fingerprint density at radius 3 is 2.62 bits per heavy atom. The molecule has 0 amide bonds. The number of fused-ring (bicyclic) bond motifs is 1. The van der Waals surface area contributed by atoms with Gasteiger partial charge in [0.15, 0.2) is 5.65 Å². The third-order valence-corrected chi connectivity index (χ3v) is 3.95. The Balaban J connectivity index is 1.82. The Hall–Kier alpha value is -3.21. The molecule has 4 nitrogen and oxygen atoms in total. The Bertz CT molecular complexity index is 1010. The zero-order valence-electron chi connectivity index (χ0n) is 13.1. The van der Waals surface area contributed by atoms with Crippen LogP contribution < -0.4 is 5.32 Å². The molecule has 0 saturated carbocycles. The monoisotopic (exact) mass is 318 g/mol. The number of pyridine rings is 1. The summed E-state index contributed by atoms with van der Waals surface area (Å²) in [5, 5.41) is 8.26. The number of anilines is 1. The first-order chi connectivity index (χ1) is 11.7. The van der Waals surface area contributed by atoms with Crippen LogP contribution in [0, 0.1) is 5.82 Å². The lowest BCUT2D eigenvalue weighted by Crippen LogP contribution is -2.00. The number of nitrogens with zero attached hydrogens (tertiary/aromatic N) is 3. The molecule has 0 saturated heterocycles. The first kappa shape index (κ1) is 14.4. The fourth-order valence-corrected chi connectivity index (χ4v) is 2.67. The highest BCUT2D eigenvalue weighted by molar-refractivity contribution is 5.80. The Morgan fingerprint density at radius 2 is 1.83 bits per heavy atom. The predicted molar refractivity (Wildman–Crippen MR) is 93.8 cm³/mol. The smallest absolute Gasteiger partial charge is 0.181 e. The van der Waals surface area contributed by atoms with Gasteiger partial charge in [-0.2, -0.15) is 0 Å². The lowest BCUT2D eigenvalue weighted by molar-refractivity contribution is 0.611. The number of halogens is 1. The number of benzene rings is 2. The third-order valence-electron chi connectivity index (χ3n) is 3.95. The molecule has 0 spiro atoms. The number of rotatable bonds is 3. The van der Waals surface area contributed by atoms with E-state index in [1.165, 1.54) is 10.7 Å². The molecule has 24 heavy (non-hydrogen) atoms. The van der Waals surface area contributed by atoms with Gasteiger partial charge < -0.3 is 5.32 Å². The normalized spacial score (nSPS) is 10.9. The van der Waals surface area contributed by atoms with Crippen LogP contribution in [-0.4, -0.2) is 21.8 Å². The molecule has 2 aromatic carbocycles. The minimum Gasteiger partial charge on any atom is -0.388 e. The van der Waals surface area contributed by atoms with Crippen molar-refractivity contribution in [1.29, 1.82) is 0 Å². The summed E-state index contributed by atoms with van der Waals surface area (Å²) >= 11 is 0. The van der Waals surface area contributed by atoms with Gasteiger partial charge in [0.25, 0.3) is 0 Å². The second-order valence-corrected chi connectivity index (χ2v) is 5.49. The van der Waals surface area contributed by atoms with Gasteiger partial charge in [0.05, 0.1) is 0 Å². The lowest BCUT2D eigenvalue weighted by atomic mass is 10.1. The van der Waals surface area contributed by atoms with Crippen molar-refractivity contribution >= 4 is 16.7 Å². The Morgan fingerprint density at radius 1 is 1.00 bits per heavy atom. The van der Waals surface area contributed by atoms with Crippen molar-refractivity contribution in [3.8, 4) is 16.8 Å². The quantitative estimate of drug-likeness (QED) is 0.613. The highest BCUT2D eigenvalue weighted by Crippen LogP contribution is 2.24. The van der Waals surface area contributed by atoms with Crippen LogP contribution in [0.2, 0.25) is 0 Å². The molecule has 0 fully saturated rings. The summed E-state index contributed by atoms with van der Waals surface area (Å²) in [6.45, 7) is 0. The van der Waals surface area contributed by atoms with E-state index >= 15 is 0 Å². The van der Waals surface area contributed by atoms with Crippen LogP contribution in [0.5, 0.6) is 0 Å². The van der Waals surface area contributed by atoms with Gasteiger partial charge in [0.2, 0.25) is 0 Å². The van der Waals surface area contributed by atoms with E-state index in [9.17, 15) is 4.39 Å². The average Bonchev–Trinajstić information content (AvgIpc) is 3.06. The van der Waals surface area contributed by atoms with Crippen LogP contribution in [0.3, 0.4) is 0 Å². The molecule has 1 N–H and O–H groups in total.